The van der Waals surface area contributed by atoms with Crippen LogP contribution < -0.4 is 0 Å². The smallest absolute Gasteiger partial charge is 0.235 e. The number of nitrogens with zero attached hydrogens (tertiary/aromatic N) is 4. The fraction of sp³-hybridized carbons (Fsp3) is 0. The van der Waals surface area contributed by atoms with Crippen molar-refractivity contribution in [2.24, 2.45) is 0 Å². The minimum atomic E-state index is -0.574. The average molecular weight is 573 g/mol. The van der Waals surface area contributed by atoms with Crippen LogP contribution in [0.3, 0.4) is 0 Å². The predicted octanol–water partition coefficient (Wildman–Crippen LogP) is 10.0. The summed E-state index contributed by atoms with van der Waals surface area (Å²) in [6, 6.07) is 26.0. The van der Waals surface area contributed by atoms with Crippen LogP contribution in [-0.2, 0) is 0 Å². The molecule has 0 amide bonds. The van der Waals surface area contributed by atoms with Crippen molar-refractivity contribution in [3.63, 3.8) is 0 Å². The summed E-state index contributed by atoms with van der Waals surface area (Å²) in [7, 11) is 0. The molecule has 6 aromatic carbocycles. The van der Waals surface area contributed by atoms with E-state index in [1.807, 2.05) is 60.7 Å². The molecule has 0 N–H and O–H groups in total. The Hall–Kier alpha value is -6.00. The van der Waals surface area contributed by atoms with Gasteiger partial charge in [0.05, 0.1) is 47.2 Å². The van der Waals surface area contributed by atoms with Crippen LogP contribution in [0.4, 0.5) is 0 Å². The third-order valence-electron chi connectivity index (χ3n) is 7.92. The number of hydrogen-bond acceptors (Lipinski definition) is 2. The largest absolute Gasteiger partial charge is 0.309 e. The average Bonchev–Trinajstić information content (AvgIpc) is 3.70. The van der Waals surface area contributed by atoms with Gasteiger partial charge in [-0.2, -0.15) is 0 Å². The Balaban J connectivity index is 1.37. The van der Waals surface area contributed by atoms with Gasteiger partial charge >= 0.3 is 0 Å². The fourth-order valence-electron chi connectivity index (χ4n) is 6.06. The van der Waals surface area contributed by atoms with Crippen molar-refractivity contribution in [2.75, 3.05) is 0 Å². The van der Waals surface area contributed by atoms with Gasteiger partial charge in [-0.15, -0.1) is 0 Å². The van der Waals surface area contributed by atoms with Gasteiger partial charge in [0.15, 0.2) is 0 Å². The standard InChI is InChI=1S/C40H26N4/c1-3-13-27(14-4-1)34-26-35(28-15-5-2-6-16-28)42-40(41-34)44-38-22-12-9-19-32(38)33-25-29(23-24-39(33)44)43-36-20-10-7-17-30(36)31-18-8-11-21-37(31)43/h1-26H/i1D,2D,3D,4D,5D,6D,13D,14D,15D,16D. The summed E-state index contributed by atoms with van der Waals surface area (Å²) in [6.07, 6.45) is 0. The second kappa shape index (κ2) is 9.79. The van der Waals surface area contributed by atoms with Gasteiger partial charge < -0.3 is 4.57 Å². The molecule has 0 aliphatic carbocycles. The van der Waals surface area contributed by atoms with Gasteiger partial charge in [0.25, 0.3) is 0 Å². The number of fused-ring (bicyclic) bond motifs is 6. The molecular formula is C40H26N4. The summed E-state index contributed by atoms with van der Waals surface area (Å²) in [6.45, 7) is 0. The maximum atomic E-state index is 8.74. The van der Waals surface area contributed by atoms with Crippen molar-refractivity contribution in [3.05, 3.63) is 157 Å². The summed E-state index contributed by atoms with van der Waals surface area (Å²) in [5.74, 6) is 0.0111. The lowest BCUT2D eigenvalue weighted by Crippen LogP contribution is -2.04. The van der Waals surface area contributed by atoms with Crippen LogP contribution in [-0.4, -0.2) is 19.1 Å². The molecule has 0 bridgehead atoms. The minimum absolute atomic E-state index is 0.0111. The molecule has 0 spiro atoms. The zero-order valence-electron chi connectivity index (χ0n) is 33.0. The molecular weight excluding hydrogens is 536 g/mol. The van der Waals surface area contributed by atoms with Gasteiger partial charge in [0.2, 0.25) is 5.95 Å². The number of benzene rings is 6. The predicted molar refractivity (Wildman–Crippen MR) is 182 cm³/mol. The van der Waals surface area contributed by atoms with E-state index in [0.717, 1.165) is 38.3 Å². The monoisotopic (exact) mass is 572 g/mol. The van der Waals surface area contributed by atoms with Crippen LogP contribution in [0, 0.1) is 0 Å². The van der Waals surface area contributed by atoms with Gasteiger partial charge in [0, 0.05) is 38.4 Å². The molecule has 0 fully saturated rings. The Morgan fingerprint density at radius 1 is 0.432 bits per heavy atom. The Bertz CT molecular complexity index is 2880. The molecule has 4 heteroatoms. The van der Waals surface area contributed by atoms with E-state index < -0.39 is 60.4 Å². The highest BCUT2D eigenvalue weighted by Crippen LogP contribution is 2.37. The number of aromatic nitrogens is 4. The second-order valence-corrected chi connectivity index (χ2v) is 10.4. The zero-order valence-corrected chi connectivity index (χ0v) is 23.0. The van der Waals surface area contributed by atoms with E-state index in [4.69, 9.17) is 23.7 Å². The first-order valence-electron chi connectivity index (χ1n) is 19.0. The third kappa shape index (κ3) is 3.78. The van der Waals surface area contributed by atoms with Crippen LogP contribution in [0.2, 0.25) is 0 Å². The molecule has 9 aromatic rings. The highest BCUT2D eigenvalue weighted by atomic mass is 15.2. The van der Waals surface area contributed by atoms with E-state index >= 15 is 0 Å². The summed E-state index contributed by atoms with van der Waals surface area (Å²) in [4.78, 5) is 9.61. The maximum absolute atomic E-state index is 8.74. The molecule has 0 aliphatic heterocycles. The molecule has 9 rings (SSSR count). The maximum Gasteiger partial charge on any atom is 0.235 e. The molecule has 0 atom stereocenters. The number of hydrogen-bond donors (Lipinski definition) is 0. The van der Waals surface area contributed by atoms with Gasteiger partial charge in [-0.3, -0.25) is 4.57 Å². The first-order chi connectivity index (χ1) is 26.0. The van der Waals surface area contributed by atoms with Crippen LogP contribution >= 0.6 is 0 Å². The number of rotatable bonds is 4. The zero-order chi connectivity index (χ0) is 37.7. The van der Waals surface area contributed by atoms with Crippen LogP contribution in [0.15, 0.2) is 157 Å². The summed E-state index contributed by atoms with van der Waals surface area (Å²) >= 11 is 0. The molecule has 0 saturated carbocycles. The van der Waals surface area contributed by atoms with Crippen LogP contribution in [0.1, 0.15) is 13.7 Å². The molecule has 0 radical (unpaired) electrons. The first kappa shape index (κ1) is 16.6. The molecule has 0 unspecified atom stereocenters. The lowest BCUT2D eigenvalue weighted by atomic mass is 10.1. The Labute approximate surface area is 268 Å². The van der Waals surface area contributed by atoms with E-state index in [1.165, 1.54) is 6.07 Å². The van der Waals surface area contributed by atoms with E-state index in [-0.39, 0.29) is 28.5 Å². The van der Waals surface area contributed by atoms with E-state index in [1.54, 1.807) is 4.57 Å². The third-order valence-corrected chi connectivity index (χ3v) is 7.92. The fourth-order valence-corrected chi connectivity index (χ4v) is 6.06. The highest BCUT2D eigenvalue weighted by Gasteiger charge is 2.18. The van der Waals surface area contributed by atoms with E-state index in [0.29, 0.717) is 11.0 Å². The molecule has 3 aromatic heterocycles. The van der Waals surface area contributed by atoms with Gasteiger partial charge in [0.1, 0.15) is 0 Å². The van der Waals surface area contributed by atoms with Crippen molar-refractivity contribution in [2.45, 2.75) is 0 Å². The topological polar surface area (TPSA) is 35.6 Å². The van der Waals surface area contributed by atoms with Gasteiger partial charge in [-0.1, -0.05) is 115 Å². The SMILES string of the molecule is [2H]c1c([2H])c([2H])c(-c2cc(-c3c([2H])c([2H])c([2H])c([2H])c3[2H])nc(-n3c4ccccc4c4cc(-n5c6ccccc6c6ccccc65)ccc43)n2)c([2H])c1[2H]. The molecule has 0 saturated heterocycles. The normalized spacial score (nSPS) is 14.8. The molecule has 4 nitrogen and oxygen atoms in total. The van der Waals surface area contributed by atoms with Crippen LogP contribution in [0.25, 0.3) is 77.8 Å². The molecule has 44 heavy (non-hydrogen) atoms. The molecule has 206 valence electrons. The van der Waals surface area contributed by atoms with Crippen molar-refractivity contribution < 1.29 is 13.7 Å². The lowest BCUT2D eigenvalue weighted by Gasteiger charge is -2.12. The second-order valence-electron chi connectivity index (χ2n) is 10.4. The van der Waals surface area contributed by atoms with Crippen LogP contribution in [0.5, 0.6) is 0 Å². The van der Waals surface area contributed by atoms with Crippen molar-refractivity contribution in [1.29, 1.82) is 0 Å². The Morgan fingerprint density at radius 2 is 0.886 bits per heavy atom. The Morgan fingerprint density at radius 3 is 1.43 bits per heavy atom. The van der Waals surface area contributed by atoms with Crippen molar-refractivity contribution in [3.8, 4) is 34.2 Å². The highest BCUT2D eigenvalue weighted by molar-refractivity contribution is 6.12. The van der Waals surface area contributed by atoms with Gasteiger partial charge in [-0.05, 0) is 42.5 Å². The Kier molecular flexibility index (Phi) is 3.69. The first-order valence-corrected chi connectivity index (χ1v) is 14.0. The minimum Gasteiger partial charge on any atom is -0.309 e. The lowest BCUT2D eigenvalue weighted by molar-refractivity contribution is 0.995. The van der Waals surface area contributed by atoms with E-state index in [9.17, 15) is 0 Å². The molecule has 3 heterocycles. The van der Waals surface area contributed by atoms with Crippen molar-refractivity contribution in [1.82, 2.24) is 19.1 Å². The summed E-state index contributed by atoms with van der Waals surface area (Å²) < 4.78 is 88.7. The summed E-state index contributed by atoms with van der Waals surface area (Å²) in [5, 5.41) is 3.95. The quantitative estimate of drug-likeness (QED) is 0.210. The molecule has 0 aliphatic rings. The van der Waals surface area contributed by atoms with Gasteiger partial charge in [-0.25, -0.2) is 9.97 Å². The number of para-hydroxylation sites is 3. The van der Waals surface area contributed by atoms with E-state index in [2.05, 4.69) is 34.9 Å². The summed E-state index contributed by atoms with van der Waals surface area (Å²) in [5.41, 5.74) is 3.79. The van der Waals surface area contributed by atoms with Crippen molar-refractivity contribution >= 4 is 43.6 Å².